The van der Waals surface area contributed by atoms with Gasteiger partial charge in [-0.1, -0.05) is 46.5 Å². The Bertz CT molecular complexity index is 199. The van der Waals surface area contributed by atoms with E-state index < -0.39 is 0 Å². The summed E-state index contributed by atoms with van der Waals surface area (Å²) in [5.74, 6) is 2.05. The first kappa shape index (κ1) is 13.7. The van der Waals surface area contributed by atoms with E-state index in [0.29, 0.717) is 11.7 Å². The van der Waals surface area contributed by atoms with Crippen LogP contribution in [0, 0.1) is 17.8 Å². The lowest BCUT2D eigenvalue weighted by atomic mass is 9.76. The SMILES string of the molecule is CCCCCC1CCC(C(=O)C(C)C)CC1. The van der Waals surface area contributed by atoms with Crippen molar-refractivity contribution in [2.24, 2.45) is 17.8 Å². The van der Waals surface area contributed by atoms with Gasteiger partial charge in [-0.3, -0.25) is 4.79 Å². The Labute approximate surface area is 101 Å². The number of carbonyl (C=O) groups is 1. The fourth-order valence-corrected chi connectivity index (χ4v) is 2.89. The molecular weight excluding hydrogens is 196 g/mol. The quantitative estimate of drug-likeness (QED) is 0.603. The summed E-state index contributed by atoms with van der Waals surface area (Å²) in [7, 11) is 0. The van der Waals surface area contributed by atoms with Gasteiger partial charge in [0.05, 0.1) is 0 Å². The molecule has 0 spiro atoms. The number of hydrogen-bond acceptors (Lipinski definition) is 1. The van der Waals surface area contributed by atoms with Crippen LogP contribution in [0.4, 0.5) is 0 Å². The van der Waals surface area contributed by atoms with Gasteiger partial charge in [0.15, 0.2) is 0 Å². The van der Waals surface area contributed by atoms with E-state index in [1.54, 1.807) is 0 Å². The second-order valence-corrected chi connectivity index (χ2v) is 5.77. The van der Waals surface area contributed by atoms with Crippen molar-refractivity contribution in [3.8, 4) is 0 Å². The molecule has 1 nitrogen and oxygen atoms in total. The minimum absolute atomic E-state index is 0.238. The number of ketones is 1. The number of rotatable bonds is 6. The topological polar surface area (TPSA) is 17.1 Å². The van der Waals surface area contributed by atoms with Gasteiger partial charge in [-0.25, -0.2) is 0 Å². The van der Waals surface area contributed by atoms with E-state index in [1.165, 1.54) is 38.5 Å². The Morgan fingerprint density at radius 2 is 1.75 bits per heavy atom. The predicted octanol–water partition coefficient (Wildman–Crippen LogP) is 4.60. The van der Waals surface area contributed by atoms with Gasteiger partial charge in [0.25, 0.3) is 0 Å². The van der Waals surface area contributed by atoms with Gasteiger partial charge in [0, 0.05) is 11.8 Å². The van der Waals surface area contributed by atoms with Crippen molar-refractivity contribution < 1.29 is 4.79 Å². The Morgan fingerprint density at radius 1 is 1.12 bits per heavy atom. The Balaban J connectivity index is 2.20. The third-order valence-corrected chi connectivity index (χ3v) is 4.03. The van der Waals surface area contributed by atoms with E-state index in [2.05, 4.69) is 6.92 Å². The maximum atomic E-state index is 11.9. The van der Waals surface area contributed by atoms with Crippen molar-refractivity contribution in [3.63, 3.8) is 0 Å². The van der Waals surface area contributed by atoms with Crippen LogP contribution in [-0.2, 0) is 4.79 Å². The maximum Gasteiger partial charge on any atom is 0.138 e. The molecule has 0 saturated heterocycles. The van der Waals surface area contributed by atoms with Crippen LogP contribution in [0.5, 0.6) is 0 Å². The fourth-order valence-electron chi connectivity index (χ4n) is 2.89. The van der Waals surface area contributed by atoms with E-state index >= 15 is 0 Å². The molecule has 1 saturated carbocycles. The summed E-state index contributed by atoms with van der Waals surface area (Å²) in [6, 6.07) is 0. The van der Waals surface area contributed by atoms with Crippen LogP contribution < -0.4 is 0 Å². The Kier molecular flexibility index (Phi) is 6.08. The third kappa shape index (κ3) is 4.27. The van der Waals surface area contributed by atoms with Crippen LogP contribution in [-0.4, -0.2) is 5.78 Å². The third-order valence-electron chi connectivity index (χ3n) is 4.03. The highest BCUT2D eigenvalue weighted by Gasteiger charge is 2.26. The fraction of sp³-hybridized carbons (Fsp3) is 0.933. The summed E-state index contributed by atoms with van der Waals surface area (Å²) in [6.45, 7) is 6.34. The zero-order valence-corrected chi connectivity index (χ0v) is 11.3. The molecule has 0 heterocycles. The molecule has 0 aliphatic heterocycles. The highest BCUT2D eigenvalue weighted by Crippen LogP contribution is 2.33. The van der Waals surface area contributed by atoms with Crippen molar-refractivity contribution >= 4 is 5.78 Å². The van der Waals surface area contributed by atoms with Crippen LogP contribution in [0.2, 0.25) is 0 Å². The van der Waals surface area contributed by atoms with E-state index in [0.717, 1.165) is 18.8 Å². The number of hydrogen-bond donors (Lipinski definition) is 0. The normalized spacial score (nSPS) is 26.0. The summed E-state index contributed by atoms with van der Waals surface area (Å²) in [4.78, 5) is 11.9. The average Bonchev–Trinajstić information content (AvgIpc) is 2.29. The van der Waals surface area contributed by atoms with Gasteiger partial charge in [0.2, 0.25) is 0 Å². The first-order valence-corrected chi connectivity index (χ1v) is 7.18. The summed E-state index contributed by atoms with van der Waals surface area (Å²) >= 11 is 0. The van der Waals surface area contributed by atoms with Crippen LogP contribution in [0.3, 0.4) is 0 Å². The molecule has 0 aromatic rings. The predicted molar refractivity (Wildman–Crippen MR) is 69.4 cm³/mol. The minimum atomic E-state index is 0.238. The maximum absolute atomic E-state index is 11.9. The van der Waals surface area contributed by atoms with Gasteiger partial charge in [0.1, 0.15) is 5.78 Å². The number of unbranched alkanes of at least 4 members (excludes halogenated alkanes) is 2. The zero-order chi connectivity index (χ0) is 12.0. The smallest absolute Gasteiger partial charge is 0.138 e. The first-order valence-electron chi connectivity index (χ1n) is 7.18. The summed E-state index contributed by atoms with van der Waals surface area (Å²) in [6.07, 6.45) is 10.4. The highest BCUT2D eigenvalue weighted by molar-refractivity contribution is 5.82. The zero-order valence-electron chi connectivity index (χ0n) is 11.3. The van der Waals surface area contributed by atoms with Crippen molar-refractivity contribution in [1.82, 2.24) is 0 Å². The van der Waals surface area contributed by atoms with E-state index in [1.807, 2.05) is 13.8 Å². The van der Waals surface area contributed by atoms with Gasteiger partial charge < -0.3 is 0 Å². The largest absolute Gasteiger partial charge is 0.299 e. The number of carbonyl (C=O) groups excluding carboxylic acids is 1. The monoisotopic (exact) mass is 224 g/mol. The molecule has 0 aromatic carbocycles. The molecule has 0 atom stereocenters. The van der Waals surface area contributed by atoms with Crippen LogP contribution in [0.15, 0.2) is 0 Å². The lowest BCUT2D eigenvalue weighted by molar-refractivity contribution is -0.127. The summed E-state index contributed by atoms with van der Waals surface area (Å²) in [5, 5.41) is 0. The van der Waals surface area contributed by atoms with Crippen molar-refractivity contribution in [2.75, 3.05) is 0 Å². The van der Waals surface area contributed by atoms with Crippen LogP contribution >= 0.6 is 0 Å². The molecule has 1 fully saturated rings. The molecule has 1 rings (SSSR count). The van der Waals surface area contributed by atoms with Crippen molar-refractivity contribution in [1.29, 1.82) is 0 Å². The van der Waals surface area contributed by atoms with E-state index in [-0.39, 0.29) is 5.92 Å². The average molecular weight is 224 g/mol. The van der Waals surface area contributed by atoms with Crippen LogP contribution in [0.25, 0.3) is 0 Å². The lowest BCUT2D eigenvalue weighted by Crippen LogP contribution is -2.25. The molecule has 0 bridgehead atoms. The van der Waals surface area contributed by atoms with Crippen molar-refractivity contribution in [2.45, 2.75) is 72.1 Å². The molecule has 94 valence electrons. The Hall–Kier alpha value is -0.330. The Morgan fingerprint density at radius 3 is 2.25 bits per heavy atom. The highest BCUT2D eigenvalue weighted by atomic mass is 16.1. The van der Waals surface area contributed by atoms with Crippen molar-refractivity contribution in [3.05, 3.63) is 0 Å². The molecule has 0 aromatic heterocycles. The van der Waals surface area contributed by atoms with Gasteiger partial charge in [-0.15, -0.1) is 0 Å². The molecule has 0 N–H and O–H groups in total. The second kappa shape index (κ2) is 7.09. The lowest BCUT2D eigenvalue weighted by Gasteiger charge is -2.28. The molecule has 1 aliphatic carbocycles. The van der Waals surface area contributed by atoms with E-state index in [9.17, 15) is 4.79 Å². The molecule has 16 heavy (non-hydrogen) atoms. The molecule has 0 unspecified atom stereocenters. The molecule has 0 amide bonds. The molecule has 1 aliphatic rings. The minimum Gasteiger partial charge on any atom is -0.299 e. The standard InChI is InChI=1S/C15H28O/c1-4-5-6-7-13-8-10-14(11-9-13)15(16)12(2)3/h12-14H,4-11H2,1-3H3. The van der Waals surface area contributed by atoms with Gasteiger partial charge in [-0.05, 0) is 31.6 Å². The van der Waals surface area contributed by atoms with Crippen LogP contribution in [0.1, 0.15) is 72.1 Å². The molecule has 1 heteroatoms. The second-order valence-electron chi connectivity index (χ2n) is 5.77. The number of Topliss-reactive ketones (excluding diaryl/α,β-unsaturated/α-hetero) is 1. The van der Waals surface area contributed by atoms with Gasteiger partial charge >= 0.3 is 0 Å². The molecule has 0 radical (unpaired) electrons. The summed E-state index contributed by atoms with van der Waals surface area (Å²) < 4.78 is 0. The molecular formula is C15H28O. The van der Waals surface area contributed by atoms with Gasteiger partial charge in [-0.2, -0.15) is 0 Å². The van der Waals surface area contributed by atoms with E-state index in [4.69, 9.17) is 0 Å². The first-order chi connectivity index (χ1) is 7.65. The summed E-state index contributed by atoms with van der Waals surface area (Å²) in [5.41, 5.74) is 0.